The van der Waals surface area contributed by atoms with Crippen molar-refractivity contribution in [2.75, 3.05) is 5.75 Å². The first-order chi connectivity index (χ1) is 11.5. The van der Waals surface area contributed by atoms with Gasteiger partial charge in [-0.05, 0) is 61.4 Å². The second kappa shape index (κ2) is 6.91. The predicted octanol–water partition coefficient (Wildman–Crippen LogP) is 4.74. The van der Waals surface area contributed by atoms with Crippen molar-refractivity contribution in [2.24, 2.45) is 0 Å². The van der Waals surface area contributed by atoms with E-state index in [9.17, 15) is 4.79 Å². The zero-order chi connectivity index (χ0) is 17.3. The van der Waals surface area contributed by atoms with Gasteiger partial charge in [-0.3, -0.25) is 9.89 Å². The molecule has 3 rings (SSSR count). The number of ketones is 1. The Morgan fingerprint density at radius 2 is 2.00 bits per heavy atom. The maximum atomic E-state index is 12.7. The summed E-state index contributed by atoms with van der Waals surface area (Å²) < 4.78 is 0. The number of H-pyrrole nitrogens is 1. The molecule has 124 valence electrons. The van der Waals surface area contributed by atoms with Crippen LogP contribution in [0.1, 0.15) is 32.6 Å². The first kappa shape index (κ1) is 16.9. The molecule has 3 aromatic rings. The number of benzene rings is 1. The lowest BCUT2D eigenvalue weighted by atomic mass is 9.92. The van der Waals surface area contributed by atoms with Gasteiger partial charge in [-0.2, -0.15) is 0 Å². The lowest BCUT2D eigenvalue weighted by molar-refractivity contribution is 0.102. The van der Waals surface area contributed by atoms with Gasteiger partial charge < -0.3 is 0 Å². The zero-order valence-electron chi connectivity index (χ0n) is 14.1. The standard InChI is InChI=1S/C18H19N3OS2/c1-10-8-11(2)16(13(4)12(10)3)14(22)9-24-18-19-17(20-21-18)15-6-5-7-23-15/h5-8H,9H2,1-4H3,(H,19,20,21). The minimum absolute atomic E-state index is 0.126. The first-order valence-electron chi connectivity index (χ1n) is 7.67. The van der Waals surface area contributed by atoms with E-state index in [1.165, 1.54) is 22.9 Å². The Kier molecular flexibility index (Phi) is 4.87. The van der Waals surface area contributed by atoms with E-state index in [1.54, 1.807) is 11.3 Å². The van der Waals surface area contributed by atoms with Gasteiger partial charge in [-0.15, -0.1) is 16.4 Å². The quantitative estimate of drug-likeness (QED) is 0.529. The van der Waals surface area contributed by atoms with Crippen molar-refractivity contribution < 1.29 is 4.79 Å². The molecular weight excluding hydrogens is 338 g/mol. The molecule has 4 nitrogen and oxygen atoms in total. The number of rotatable bonds is 5. The SMILES string of the molecule is Cc1cc(C)c(C(=O)CSc2n[nH]c(-c3cccs3)n2)c(C)c1C. The van der Waals surface area contributed by atoms with Crippen LogP contribution in [0.15, 0.2) is 28.7 Å². The minimum Gasteiger partial charge on any atom is -0.293 e. The maximum Gasteiger partial charge on any atom is 0.209 e. The van der Waals surface area contributed by atoms with Crippen molar-refractivity contribution in [3.05, 3.63) is 51.4 Å². The van der Waals surface area contributed by atoms with Crippen LogP contribution in [0.4, 0.5) is 0 Å². The number of Topliss-reactive ketones (excluding diaryl/α,β-unsaturated/α-hetero) is 1. The summed E-state index contributed by atoms with van der Waals surface area (Å²) in [6.07, 6.45) is 0. The normalized spacial score (nSPS) is 11.0. The fraction of sp³-hybridized carbons (Fsp3) is 0.278. The van der Waals surface area contributed by atoms with Crippen LogP contribution in [-0.4, -0.2) is 26.7 Å². The van der Waals surface area contributed by atoms with Crippen molar-refractivity contribution in [1.82, 2.24) is 15.2 Å². The summed E-state index contributed by atoms with van der Waals surface area (Å²) in [6, 6.07) is 6.05. The highest BCUT2D eigenvalue weighted by Gasteiger charge is 2.17. The van der Waals surface area contributed by atoms with Gasteiger partial charge in [0.2, 0.25) is 5.16 Å². The van der Waals surface area contributed by atoms with Gasteiger partial charge in [0.1, 0.15) is 0 Å². The molecule has 0 atom stereocenters. The Bertz CT molecular complexity index is 882. The predicted molar refractivity (Wildman–Crippen MR) is 100 cm³/mol. The van der Waals surface area contributed by atoms with E-state index in [0.717, 1.165) is 27.4 Å². The molecule has 0 fully saturated rings. The number of hydrogen-bond donors (Lipinski definition) is 1. The number of aromatic amines is 1. The van der Waals surface area contributed by atoms with E-state index in [2.05, 4.69) is 35.1 Å². The molecule has 0 spiro atoms. The van der Waals surface area contributed by atoms with Gasteiger partial charge in [-0.1, -0.05) is 23.9 Å². The van der Waals surface area contributed by atoms with Crippen molar-refractivity contribution in [3.8, 4) is 10.7 Å². The summed E-state index contributed by atoms with van der Waals surface area (Å²) in [5, 5.41) is 9.73. The lowest BCUT2D eigenvalue weighted by Gasteiger charge is -2.13. The number of nitrogens with one attached hydrogen (secondary N) is 1. The smallest absolute Gasteiger partial charge is 0.209 e. The molecule has 0 aliphatic carbocycles. The molecule has 0 aliphatic heterocycles. The van der Waals surface area contributed by atoms with E-state index in [0.29, 0.717) is 10.9 Å². The highest BCUT2D eigenvalue weighted by molar-refractivity contribution is 7.99. The fourth-order valence-electron chi connectivity index (χ4n) is 2.75. The Hall–Kier alpha value is -1.92. The van der Waals surface area contributed by atoms with Gasteiger partial charge >= 0.3 is 0 Å². The molecule has 1 N–H and O–H groups in total. The Morgan fingerprint density at radius 3 is 2.71 bits per heavy atom. The topological polar surface area (TPSA) is 58.6 Å². The van der Waals surface area contributed by atoms with Crippen LogP contribution in [0.5, 0.6) is 0 Å². The third-order valence-corrected chi connectivity index (χ3v) is 5.91. The highest BCUT2D eigenvalue weighted by Crippen LogP contribution is 2.26. The van der Waals surface area contributed by atoms with Gasteiger partial charge in [0, 0.05) is 5.56 Å². The molecule has 24 heavy (non-hydrogen) atoms. The Labute approximate surface area is 149 Å². The summed E-state index contributed by atoms with van der Waals surface area (Å²) >= 11 is 2.98. The van der Waals surface area contributed by atoms with Crippen LogP contribution in [-0.2, 0) is 0 Å². The molecule has 6 heteroatoms. The molecule has 2 heterocycles. The van der Waals surface area contributed by atoms with Gasteiger partial charge in [0.05, 0.1) is 10.6 Å². The molecule has 0 unspecified atom stereocenters. The van der Waals surface area contributed by atoms with Crippen LogP contribution in [0.25, 0.3) is 10.7 Å². The second-order valence-electron chi connectivity index (χ2n) is 5.79. The molecule has 0 bridgehead atoms. The molecule has 0 saturated heterocycles. The average Bonchev–Trinajstić information content (AvgIpc) is 3.21. The van der Waals surface area contributed by atoms with Crippen molar-refractivity contribution >= 4 is 28.9 Å². The number of aryl methyl sites for hydroxylation is 2. The molecule has 0 radical (unpaired) electrons. The summed E-state index contributed by atoms with van der Waals surface area (Å²) in [7, 11) is 0. The van der Waals surface area contributed by atoms with Gasteiger partial charge in [-0.25, -0.2) is 4.98 Å². The van der Waals surface area contributed by atoms with Gasteiger partial charge in [0.25, 0.3) is 0 Å². The van der Waals surface area contributed by atoms with Crippen LogP contribution in [0.3, 0.4) is 0 Å². The van der Waals surface area contributed by atoms with Crippen LogP contribution < -0.4 is 0 Å². The molecular formula is C18H19N3OS2. The number of nitrogens with zero attached hydrogens (tertiary/aromatic N) is 2. The lowest BCUT2D eigenvalue weighted by Crippen LogP contribution is -2.09. The molecule has 0 amide bonds. The minimum atomic E-state index is 0.126. The number of aromatic nitrogens is 3. The Balaban J connectivity index is 1.74. The van der Waals surface area contributed by atoms with E-state index in [1.807, 2.05) is 31.4 Å². The molecule has 1 aromatic carbocycles. The van der Waals surface area contributed by atoms with Gasteiger partial charge in [0.15, 0.2) is 11.6 Å². The van der Waals surface area contributed by atoms with Crippen molar-refractivity contribution in [1.29, 1.82) is 0 Å². The second-order valence-corrected chi connectivity index (χ2v) is 7.68. The van der Waals surface area contributed by atoms with E-state index >= 15 is 0 Å². The largest absolute Gasteiger partial charge is 0.293 e. The van der Waals surface area contributed by atoms with E-state index in [4.69, 9.17) is 0 Å². The summed E-state index contributed by atoms with van der Waals surface area (Å²) in [5.41, 5.74) is 5.36. The molecule has 0 saturated carbocycles. The summed E-state index contributed by atoms with van der Waals surface area (Å²) in [4.78, 5) is 18.2. The zero-order valence-corrected chi connectivity index (χ0v) is 15.8. The summed E-state index contributed by atoms with van der Waals surface area (Å²) in [6.45, 7) is 8.17. The van der Waals surface area contributed by atoms with E-state index in [-0.39, 0.29) is 5.78 Å². The third kappa shape index (κ3) is 3.30. The maximum absolute atomic E-state index is 12.7. The number of carbonyl (C=O) groups excluding carboxylic acids is 1. The fourth-order valence-corrected chi connectivity index (χ4v) is 4.08. The Morgan fingerprint density at radius 1 is 1.21 bits per heavy atom. The van der Waals surface area contributed by atoms with E-state index < -0.39 is 0 Å². The summed E-state index contributed by atoms with van der Waals surface area (Å²) in [5.74, 6) is 1.21. The highest BCUT2D eigenvalue weighted by atomic mass is 32.2. The first-order valence-corrected chi connectivity index (χ1v) is 9.53. The van der Waals surface area contributed by atoms with Crippen LogP contribution >= 0.6 is 23.1 Å². The van der Waals surface area contributed by atoms with Crippen LogP contribution in [0, 0.1) is 27.7 Å². The third-order valence-electron chi connectivity index (χ3n) is 4.19. The number of thioether (sulfide) groups is 1. The number of hydrogen-bond acceptors (Lipinski definition) is 5. The van der Waals surface area contributed by atoms with Crippen molar-refractivity contribution in [3.63, 3.8) is 0 Å². The molecule has 2 aromatic heterocycles. The van der Waals surface area contributed by atoms with Crippen molar-refractivity contribution in [2.45, 2.75) is 32.9 Å². The average molecular weight is 358 g/mol. The monoisotopic (exact) mass is 357 g/mol. The number of thiophene rings is 1. The number of carbonyl (C=O) groups is 1. The molecule has 0 aliphatic rings. The van der Waals surface area contributed by atoms with Crippen LogP contribution in [0.2, 0.25) is 0 Å².